The van der Waals surface area contributed by atoms with E-state index in [-0.39, 0.29) is 5.78 Å². The van der Waals surface area contributed by atoms with Gasteiger partial charge in [-0.15, -0.1) is 11.3 Å². The number of carbonyl (C=O) groups excluding carboxylic acids is 1. The van der Waals surface area contributed by atoms with Crippen molar-refractivity contribution in [1.29, 1.82) is 0 Å². The minimum atomic E-state index is 0.127. The summed E-state index contributed by atoms with van der Waals surface area (Å²) in [5.41, 5.74) is 4.85. The number of fused-ring (bicyclic) bond motifs is 2. The molecule has 0 saturated carbocycles. The summed E-state index contributed by atoms with van der Waals surface area (Å²) in [7, 11) is 0. The number of thiophene rings is 1. The first-order valence-corrected chi connectivity index (χ1v) is 10.1. The van der Waals surface area contributed by atoms with E-state index in [0.717, 1.165) is 43.1 Å². The predicted molar refractivity (Wildman–Crippen MR) is 115 cm³/mol. The summed E-state index contributed by atoms with van der Waals surface area (Å²) in [6, 6.07) is 24.3. The molecule has 5 rings (SSSR count). The molecule has 0 bridgehead atoms. The molecule has 136 valence electrons. The molecule has 3 heterocycles. The van der Waals surface area contributed by atoms with Crippen molar-refractivity contribution in [2.75, 3.05) is 0 Å². The number of Topliss-reactive ketones (excluding diaryl/α,β-unsaturated/α-hetero) is 1. The van der Waals surface area contributed by atoms with E-state index in [9.17, 15) is 4.79 Å². The lowest BCUT2D eigenvalue weighted by Crippen LogP contribution is -2.05. The number of ketones is 1. The Morgan fingerprint density at radius 2 is 1.79 bits per heavy atom. The first-order chi connectivity index (χ1) is 13.7. The number of imidazole rings is 1. The largest absolute Gasteiger partial charge is 0.303 e. The van der Waals surface area contributed by atoms with Gasteiger partial charge in [0.25, 0.3) is 0 Å². The molecule has 0 radical (unpaired) electrons. The van der Waals surface area contributed by atoms with Crippen molar-refractivity contribution >= 4 is 32.9 Å². The molecule has 0 atom stereocenters. The lowest BCUT2D eigenvalue weighted by Gasteiger charge is -2.05. The Balaban J connectivity index is 1.62. The highest BCUT2D eigenvalue weighted by Gasteiger charge is 2.19. The molecule has 5 aromatic rings. The Labute approximate surface area is 166 Å². The third kappa shape index (κ3) is 2.92. The van der Waals surface area contributed by atoms with E-state index in [4.69, 9.17) is 4.98 Å². The van der Waals surface area contributed by atoms with E-state index in [2.05, 4.69) is 35.7 Å². The van der Waals surface area contributed by atoms with Crippen LogP contribution in [-0.4, -0.2) is 15.2 Å². The summed E-state index contributed by atoms with van der Waals surface area (Å²) in [6.45, 7) is 2.05. The standard InChI is InChI=1S/C24H18N2OS/c1-16-11-12-23-25-24(17-7-3-2-4-8-17)19(26(23)15-16)14-20(27)22-13-18-9-5-6-10-21(18)28-22/h2-13,15H,14H2,1H3. The molecule has 0 aliphatic carbocycles. The molecule has 0 N–H and O–H groups in total. The first kappa shape index (κ1) is 16.9. The van der Waals surface area contributed by atoms with Crippen LogP contribution in [0, 0.1) is 6.92 Å². The Hall–Kier alpha value is -3.24. The van der Waals surface area contributed by atoms with Crippen LogP contribution in [0.25, 0.3) is 27.0 Å². The zero-order valence-electron chi connectivity index (χ0n) is 15.4. The SMILES string of the molecule is Cc1ccc2nc(-c3ccccc3)c(CC(=O)c3cc4ccccc4s3)n2c1. The number of aryl methyl sites for hydroxylation is 1. The summed E-state index contributed by atoms with van der Waals surface area (Å²) in [6.07, 6.45) is 2.38. The molecule has 0 amide bonds. The molecule has 28 heavy (non-hydrogen) atoms. The quantitative estimate of drug-likeness (QED) is 0.360. The van der Waals surface area contributed by atoms with Crippen LogP contribution in [0.1, 0.15) is 20.9 Å². The highest BCUT2D eigenvalue weighted by Crippen LogP contribution is 2.29. The Morgan fingerprint density at radius 1 is 1.00 bits per heavy atom. The van der Waals surface area contributed by atoms with Gasteiger partial charge >= 0.3 is 0 Å². The second-order valence-electron chi connectivity index (χ2n) is 6.96. The second kappa shape index (κ2) is 6.73. The lowest BCUT2D eigenvalue weighted by atomic mass is 10.1. The zero-order chi connectivity index (χ0) is 19.1. The van der Waals surface area contributed by atoms with Gasteiger partial charge in [0, 0.05) is 16.5 Å². The van der Waals surface area contributed by atoms with Crippen LogP contribution in [0.4, 0.5) is 0 Å². The molecule has 0 aliphatic heterocycles. The minimum Gasteiger partial charge on any atom is -0.303 e. The highest BCUT2D eigenvalue weighted by molar-refractivity contribution is 7.20. The molecular formula is C24H18N2OS. The number of nitrogens with zero attached hydrogens (tertiary/aromatic N) is 2. The number of pyridine rings is 1. The fourth-order valence-corrected chi connectivity index (χ4v) is 4.55. The Kier molecular flexibility index (Phi) is 4.06. The van der Waals surface area contributed by atoms with Crippen LogP contribution >= 0.6 is 11.3 Å². The van der Waals surface area contributed by atoms with Crippen molar-refractivity contribution in [2.45, 2.75) is 13.3 Å². The summed E-state index contributed by atoms with van der Waals surface area (Å²) < 4.78 is 3.20. The van der Waals surface area contributed by atoms with Crippen LogP contribution in [0.5, 0.6) is 0 Å². The van der Waals surface area contributed by atoms with Crippen LogP contribution in [0.2, 0.25) is 0 Å². The lowest BCUT2D eigenvalue weighted by molar-refractivity contribution is 0.0995. The number of benzene rings is 2. The van der Waals surface area contributed by atoms with Gasteiger partial charge in [0.1, 0.15) is 5.65 Å². The average molecular weight is 382 g/mol. The van der Waals surface area contributed by atoms with Crippen LogP contribution in [-0.2, 0) is 6.42 Å². The van der Waals surface area contributed by atoms with E-state index >= 15 is 0 Å². The number of aromatic nitrogens is 2. The maximum Gasteiger partial charge on any atom is 0.178 e. The molecule has 0 spiro atoms. The van der Waals surface area contributed by atoms with E-state index in [1.54, 1.807) is 11.3 Å². The number of hydrogen-bond acceptors (Lipinski definition) is 3. The van der Waals surface area contributed by atoms with Crippen molar-refractivity contribution in [3.05, 3.63) is 95.1 Å². The van der Waals surface area contributed by atoms with Crippen molar-refractivity contribution in [3.63, 3.8) is 0 Å². The summed E-state index contributed by atoms with van der Waals surface area (Å²) in [4.78, 5) is 18.8. The highest BCUT2D eigenvalue weighted by atomic mass is 32.1. The van der Waals surface area contributed by atoms with Gasteiger partial charge in [0.15, 0.2) is 5.78 Å². The van der Waals surface area contributed by atoms with Crippen molar-refractivity contribution in [1.82, 2.24) is 9.38 Å². The zero-order valence-corrected chi connectivity index (χ0v) is 16.2. The predicted octanol–water partition coefficient (Wildman–Crippen LogP) is 5.95. The smallest absolute Gasteiger partial charge is 0.178 e. The first-order valence-electron chi connectivity index (χ1n) is 9.24. The van der Waals surface area contributed by atoms with Crippen molar-refractivity contribution in [2.24, 2.45) is 0 Å². The van der Waals surface area contributed by atoms with Crippen molar-refractivity contribution < 1.29 is 4.79 Å². The Bertz CT molecular complexity index is 1280. The van der Waals surface area contributed by atoms with Crippen molar-refractivity contribution in [3.8, 4) is 11.3 Å². The fourth-order valence-electron chi connectivity index (χ4n) is 3.55. The molecule has 3 aromatic heterocycles. The monoisotopic (exact) mass is 382 g/mol. The maximum absolute atomic E-state index is 13.2. The molecule has 3 nitrogen and oxygen atoms in total. The van der Waals surface area contributed by atoms with Gasteiger partial charge in [0.05, 0.1) is 22.7 Å². The molecule has 4 heteroatoms. The average Bonchev–Trinajstić information content (AvgIpc) is 3.30. The van der Waals surface area contributed by atoms with Gasteiger partial charge in [0.2, 0.25) is 0 Å². The molecular weight excluding hydrogens is 364 g/mol. The summed E-state index contributed by atoms with van der Waals surface area (Å²) >= 11 is 1.56. The van der Waals surface area contributed by atoms with Gasteiger partial charge in [-0.2, -0.15) is 0 Å². The number of rotatable bonds is 4. The van der Waals surface area contributed by atoms with Gasteiger partial charge in [-0.1, -0.05) is 54.6 Å². The summed E-state index contributed by atoms with van der Waals surface area (Å²) in [5, 5.41) is 1.12. The molecule has 0 saturated heterocycles. The van der Waals surface area contributed by atoms with Gasteiger partial charge in [-0.05, 0) is 36.1 Å². The van der Waals surface area contributed by atoms with E-state index < -0.39 is 0 Å². The van der Waals surface area contributed by atoms with Gasteiger partial charge < -0.3 is 4.40 Å². The third-order valence-corrected chi connectivity index (χ3v) is 6.10. The maximum atomic E-state index is 13.2. The fraction of sp³-hybridized carbons (Fsp3) is 0.0833. The van der Waals surface area contributed by atoms with Crippen LogP contribution in [0.3, 0.4) is 0 Å². The van der Waals surface area contributed by atoms with Gasteiger partial charge in [-0.3, -0.25) is 4.79 Å². The van der Waals surface area contributed by atoms with Crippen LogP contribution in [0.15, 0.2) is 79.0 Å². The Morgan fingerprint density at radius 3 is 2.61 bits per heavy atom. The van der Waals surface area contributed by atoms with E-state index in [1.807, 2.05) is 54.6 Å². The molecule has 0 aliphatic rings. The van der Waals surface area contributed by atoms with E-state index in [0.29, 0.717) is 6.42 Å². The van der Waals surface area contributed by atoms with Gasteiger partial charge in [-0.25, -0.2) is 4.98 Å². The molecule has 2 aromatic carbocycles. The normalized spacial score (nSPS) is 11.3. The third-order valence-electron chi connectivity index (χ3n) is 4.94. The molecule has 0 fully saturated rings. The summed E-state index contributed by atoms with van der Waals surface area (Å²) in [5.74, 6) is 0.127. The molecule has 0 unspecified atom stereocenters. The minimum absolute atomic E-state index is 0.127. The second-order valence-corrected chi connectivity index (χ2v) is 8.04. The number of carbonyl (C=O) groups is 1. The topological polar surface area (TPSA) is 34.4 Å². The van der Waals surface area contributed by atoms with E-state index in [1.165, 1.54) is 0 Å². The number of hydrogen-bond donors (Lipinski definition) is 0. The van der Waals surface area contributed by atoms with Crippen LogP contribution < -0.4 is 0 Å².